The third kappa shape index (κ3) is 1.17. The van der Waals surface area contributed by atoms with Crippen molar-refractivity contribution in [1.29, 1.82) is 0 Å². The molecule has 0 saturated carbocycles. The second kappa shape index (κ2) is 2.24. The summed E-state index contributed by atoms with van der Waals surface area (Å²) in [6, 6.07) is 1.51. The van der Waals surface area contributed by atoms with Gasteiger partial charge in [0.05, 0.1) is 11.1 Å². The zero-order chi connectivity index (χ0) is 10.7. The molecule has 14 heavy (non-hydrogen) atoms. The maximum Gasteiger partial charge on any atom is 0.417 e. The molecule has 0 nitrogen and oxygen atoms in total. The number of hydrogen-bond acceptors (Lipinski definition) is 0. The Kier molecular flexibility index (Phi) is 1.50. The van der Waals surface area contributed by atoms with Crippen molar-refractivity contribution in [2.24, 2.45) is 0 Å². The Balaban J connectivity index is 2.46. The molecular formula is C8H2F6. The van der Waals surface area contributed by atoms with E-state index in [1.54, 1.807) is 0 Å². The Bertz CT molecular complexity index is 398. The lowest BCUT2D eigenvalue weighted by Crippen LogP contribution is -2.04. The van der Waals surface area contributed by atoms with Crippen LogP contribution in [0.4, 0.5) is 26.3 Å². The normalized spacial score (nSPS) is 14.4. The van der Waals surface area contributed by atoms with Gasteiger partial charge in [0.25, 0.3) is 0 Å². The van der Waals surface area contributed by atoms with E-state index < -0.39 is 29.0 Å². The van der Waals surface area contributed by atoms with Crippen molar-refractivity contribution in [2.45, 2.75) is 12.4 Å². The van der Waals surface area contributed by atoms with E-state index >= 15 is 0 Å². The van der Waals surface area contributed by atoms with Gasteiger partial charge in [-0.1, -0.05) is 6.07 Å². The molecule has 0 spiro atoms. The molecule has 0 aromatic heterocycles. The van der Waals surface area contributed by atoms with Gasteiger partial charge in [-0.05, 0) is 11.6 Å². The van der Waals surface area contributed by atoms with Crippen molar-refractivity contribution < 1.29 is 26.3 Å². The van der Waals surface area contributed by atoms with Crippen LogP contribution in [-0.4, -0.2) is 0 Å². The Hall–Kier alpha value is -1.20. The highest BCUT2D eigenvalue weighted by Crippen LogP contribution is 2.57. The molecule has 0 N–H and O–H groups in total. The van der Waals surface area contributed by atoms with Gasteiger partial charge in [0.1, 0.15) is 0 Å². The first kappa shape index (κ1) is 9.36. The van der Waals surface area contributed by atoms with Crippen molar-refractivity contribution in [3.63, 3.8) is 0 Å². The van der Waals surface area contributed by atoms with E-state index in [2.05, 4.69) is 0 Å². The first-order chi connectivity index (χ1) is 6.23. The summed E-state index contributed by atoms with van der Waals surface area (Å²) in [6.07, 6.45) is -9.38. The molecule has 76 valence electrons. The molecule has 0 aromatic rings. The van der Waals surface area contributed by atoms with Crippen molar-refractivity contribution in [1.82, 2.24) is 0 Å². The Morgan fingerprint density at radius 3 is 1.71 bits per heavy atom. The van der Waals surface area contributed by atoms with E-state index in [0.29, 0.717) is 6.07 Å². The maximum absolute atomic E-state index is 12.1. The molecule has 0 unspecified atom stereocenters. The number of alkyl halides is 6. The van der Waals surface area contributed by atoms with Crippen LogP contribution in [-0.2, 0) is 12.4 Å². The molecule has 2 rings (SSSR count). The van der Waals surface area contributed by atoms with E-state index in [1.165, 1.54) is 0 Å². The van der Waals surface area contributed by atoms with Crippen LogP contribution in [0.15, 0.2) is 12.1 Å². The van der Waals surface area contributed by atoms with Gasteiger partial charge in [0.2, 0.25) is 0 Å². The van der Waals surface area contributed by atoms with Gasteiger partial charge in [-0.15, -0.1) is 0 Å². The van der Waals surface area contributed by atoms with Crippen molar-refractivity contribution in [3.8, 4) is 11.1 Å². The van der Waals surface area contributed by atoms with Gasteiger partial charge in [0, 0.05) is 5.56 Å². The van der Waals surface area contributed by atoms with Crippen LogP contribution in [0.1, 0.15) is 11.1 Å². The average molecular weight is 212 g/mol. The molecule has 0 aliphatic heterocycles. The van der Waals surface area contributed by atoms with Gasteiger partial charge in [-0.2, -0.15) is 26.3 Å². The minimum absolute atomic E-state index is 0.329. The first-order valence-electron chi connectivity index (χ1n) is 3.54. The van der Waals surface area contributed by atoms with Gasteiger partial charge in [-0.3, -0.25) is 0 Å². The molecule has 6 heteroatoms. The van der Waals surface area contributed by atoms with Crippen molar-refractivity contribution >= 4 is 0 Å². The van der Waals surface area contributed by atoms with Crippen LogP contribution in [0, 0.1) is 0 Å². The standard InChI is InChI=1S/C8H2F6/c9-7(10,11)4-2-1-3-5(4)6(3)8(12,13)14/h1-2H. The van der Waals surface area contributed by atoms with Gasteiger partial charge >= 0.3 is 12.4 Å². The summed E-state index contributed by atoms with van der Waals surface area (Å²) in [7, 11) is 0. The quantitative estimate of drug-likeness (QED) is 0.584. The summed E-state index contributed by atoms with van der Waals surface area (Å²) in [5.41, 5.74) is -3.35. The summed E-state index contributed by atoms with van der Waals surface area (Å²) in [4.78, 5) is 0. The fourth-order valence-electron chi connectivity index (χ4n) is 1.43. The SMILES string of the molecule is FC(F)(F)c1ccc2c(C(F)(F)F)c1-2. The lowest BCUT2D eigenvalue weighted by atomic mass is 10.2. The van der Waals surface area contributed by atoms with Crippen LogP contribution in [0.2, 0.25) is 0 Å². The van der Waals surface area contributed by atoms with Crippen molar-refractivity contribution in [3.05, 3.63) is 23.3 Å². The number of halogens is 6. The Morgan fingerprint density at radius 2 is 1.36 bits per heavy atom. The summed E-state index contributed by atoms with van der Waals surface area (Å²) in [6.45, 7) is 0. The molecule has 0 heterocycles. The molecular weight excluding hydrogens is 210 g/mol. The summed E-state index contributed by atoms with van der Waals surface area (Å²) < 4.78 is 72.4. The lowest BCUT2D eigenvalue weighted by molar-refractivity contribution is -0.138. The topological polar surface area (TPSA) is 0 Å². The van der Waals surface area contributed by atoms with Crippen molar-refractivity contribution in [2.75, 3.05) is 0 Å². The fraction of sp³-hybridized carbons (Fsp3) is 0.250. The molecule has 0 radical (unpaired) electrons. The predicted molar refractivity (Wildman–Crippen MR) is 35.4 cm³/mol. The number of hydrogen-bond donors (Lipinski definition) is 0. The molecule has 0 fully saturated rings. The van der Waals surface area contributed by atoms with E-state index in [9.17, 15) is 26.3 Å². The monoisotopic (exact) mass is 212 g/mol. The predicted octanol–water partition coefficient (Wildman–Crippen LogP) is 3.70. The van der Waals surface area contributed by atoms with Gasteiger partial charge in [0.15, 0.2) is 0 Å². The van der Waals surface area contributed by atoms with Crippen LogP contribution in [0.3, 0.4) is 0 Å². The summed E-state index contributed by atoms with van der Waals surface area (Å²) in [5, 5.41) is 0. The fourth-order valence-corrected chi connectivity index (χ4v) is 1.43. The van der Waals surface area contributed by atoms with E-state index in [0.717, 1.165) is 6.07 Å². The Morgan fingerprint density at radius 1 is 0.786 bits per heavy atom. The average Bonchev–Trinajstić information content (AvgIpc) is 2.49. The molecule has 0 aromatic carbocycles. The minimum Gasteiger partial charge on any atom is -0.166 e. The van der Waals surface area contributed by atoms with E-state index in [1.807, 2.05) is 0 Å². The molecule has 0 bridgehead atoms. The number of fused-ring (bicyclic) bond motifs is 1. The zero-order valence-electron chi connectivity index (χ0n) is 6.42. The third-order valence-corrected chi connectivity index (χ3v) is 2.00. The second-order valence-electron chi connectivity index (χ2n) is 2.91. The highest BCUT2D eigenvalue weighted by atomic mass is 19.4. The number of rotatable bonds is 0. The number of benzene rings is 1. The maximum atomic E-state index is 12.1. The highest BCUT2D eigenvalue weighted by molar-refractivity contribution is 5.93. The molecule has 0 amide bonds. The first-order valence-corrected chi connectivity index (χ1v) is 3.54. The largest absolute Gasteiger partial charge is 0.417 e. The van der Waals surface area contributed by atoms with E-state index in [-0.39, 0.29) is 5.56 Å². The molecule has 2 aliphatic carbocycles. The highest BCUT2D eigenvalue weighted by Gasteiger charge is 2.51. The smallest absolute Gasteiger partial charge is 0.166 e. The molecule has 0 atom stereocenters. The second-order valence-corrected chi connectivity index (χ2v) is 2.91. The summed E-state index contributed by atoms with van der Waals surface area (Å²) >= 11 is 0. The van der Waals surface area contributed by atoms with E-state index in [4.69, 9.17) is 0 Å². The van der Waals surface area contributed by atoms with Crippen LogP contribution < -0.4 is 0 Å². The Labute approximate surface area is 74.1 Å². The van der Waals surface area contributed by atoms with Crippen LogP contribution >= 0.6 is 0 Å². The zero-order valence-corrected chi connectivity index (χ0v) is 6.42. The van der Waals surface area contributed by atoms with Gasteiger partial charge in [-0.25, -0.2) is 0 Å². The third-order valence-electron chi connectivity index (χ3n) is 2.00. The van der Waals surface area contributed by atoms with Crippen LogP contribution in [0.5, 0.6) is 0 Å². The van der Waals surface area contributed by atoms with Gasteiger partial charge < -0.3 is 0 Å². The minimum atomic E-state index is -4.71. The summed E-state index contributed by atoms with van der Waals surface area (Å²) in [5.74, 6) is 0. The molecule has 2 aliphatic rings. The molecule has 0 saturated heterocycles. The lowest BCUT2D eigenvalue weighted by Gasteiger charge is -2.03. The van der Waals surface area contributed by atoms with Crippen LogP contribution in [0.25, 0.3) is 11.1 Å².